The fourth-order valence-corrected chi connectivity index (χ4v) is 2.03. The van der Waals surface area contributed by atoms with E-state index in [2.05, 4.69) is 5.32 Å². The minimum absolute atomic E-state index is 0.0555. The monoisotopic (exact) mass is 313 g/mol. The van der Waals surface area contributed by atoms with Gasteiger partial charge in [0.25, 0.3) is 5.69 Å². The summed E-state index contributed by atoms with van der Waals surface area (Å²) in [6.45, 7) is 0.201. The first-order valence-corrected chi connectivity index (χ1v) is 6.76. The van der Waals surface area contributed by atoms with Crippen LogP contribution in [0.5, 0.6) is 0 Å². The van der Waals surface area contributed by atoms with Gasteiger partial charge in [-0.3, -0.25) is 14.9 Å². The zero-order chi connectivity index (χ0) is 16.8. The summed E-state index contributed by atoms with van der Waals surface area (Å²) in [6.07, 6.45) is -0.103. The molecular formula is C16H13N2O5-. The van der Waals surface area contributed by atoms with Gasteiger partial charge >= 0.3 is 0 Å². The SMILES string of the molecule is O=C(Cc1ccccc1[N+](=O)[O-])NCc1ccc(C(=O)[O-])cc1. The topological polar surface area (TPSA) is 112 Å². The molecule has 0 radical (unpaired) electrons. The summed E-state index contributed by atoms with van der Waals surface area (Å²) in [5, 5.41) is 24.2. The maximum Gasteiger partial charge on any atom is 0.273 e. The van der Waals surface area contributed by atoms with Crippen molar-refractivity contribution >= 4 is 17.6 Å². The van der Waals surface area contributed by atoms with Crippen LogP contribution in [0, 0.1) is 10.1 Å². The van der Waals surface area contributed by atoms with Crippen molar-refractivity contribution < 1.29 is 19.6 Å². The third-order valence-electron chi connectivity index (χ3n) is 3.22. The van der Waals surface area contributed by atoms with Crippen molar-refractivity contribution in [3.05, 3.63) is 75.3 Å². The van der Waals surface area contributed by atoms with Crippen molar-refractivity contribution in [2.45, 2.75) is 13.0 Å². The average molecular weight is 313 g/mol. The van der Waals surface area contributed by atoms with Crippen LogP contribution < -0.4 is 10.4 Å². The molecule has 23 heavy (non-hydrogen) atoms. The molecule has 0 heterocycles. The van der Waals surface area contributed by atoms with Crippen LogP contribution in [0.25, 0.3) is 0 Å². The second-order valence-corrected chi connectivity index (χ2v) is 4.82. The number of carbonyl (C=O) groups is 2. The molecule has 2 aromatic rings. The predicted octanol–water partition coefficient (Wildman–Crippen LogP) is 0.817. The van der Waals surface area contributed by atoms with Crippen molar-refractivity contribution in [1.29, 1.82) is 0 Å². The molecule has 7 heteroatoms. The Labute approximate surface area is 131 Å². The first kappa shape index (κ1) is 16.2. The van der Waals surface area contributed by atoms with Crippen molar-refractivity contribution in [3.63, 3.8) is 0 Å². The molecule has 7 nitrogen and oxygen atoms in total. The molecule has 0 saturated carbocycles. The van der Waals surface area contributed by atoms with Crippen LogP contribution in [0.1, 0.15) is 21.5 Å². The van der Waals surface area contributed by atoms with Gasteiger partial charge in [-0.1, -0.05) is 42.5 Å². The van der Waals surface area contributed by atoms with E-state index >= 15 is 0 Å². The van der Waals surface area contributed by atoms with E-state index in [0.29, 0.717) is 11.1 Å². The van der Waals surface area contributed by atoms with Gasteiger partial charge in [-0.15, -0.1) is 0 Å². The number of nitrogens with one attached hydrogen (secondary N) is 1. The van der Waals surface area contributed by atoms with Crippen LogP contribution in [-0.2, 0) is 17.8 Å². The zero-order valence-corrected chi connectivity index (χ0v) is 12.0. The number of nitro groups is 1. The number of carbonyl (C=O) groups excluding carboxylic acids is 2. The molecule has 118 valence electrons. The molecule has 2 aromatic carbocycles. The van der Waals surface area contributed by atoms with Gasteiger partial charge in [0.2, 0.25) is 5.91 Å². The second kappa shape index (κ2) is 7.17. The third kappa shape index (κ3) is 4.37. The van der Waals surface area contributed by atoms with Crippen LogP contribution in [0.4, 0.5) is 5.69 Å². The molecule has 0 atom stereocenters. The summed E-state index contributed by atoms with van der Waals surface area (Å²) >= 11 is 0. The number of rotatable bonds is 6. The minimum atomic E-state index is -1.27. The van der Waals surface area contributed by atoms with Gasteiger partial charge in [-0.05, 0) is 11.1 Å². The molecular weight excluding hydrogens is 300 g/mol. The maximum atomic E-state index is 11.9. The van der Waals surface area contributed by atoms with E-state index in [1.165, 1.54) is 24.3 Å². The highest BCUT2D eigenvalue weighted by Crippen LogP contribution is 2.18. The number of carboxylic acids is 1. The minimum Gasteiger partial charge on any atom is -0.545 e. The molecule has 0 aliphatic carbocycles. The van der Waals surface area contributed by atoms with E-state index in [0.717, 1.165) is 0 Å². The summed E-state index contributed by atoms with van der Waals surface area (Å²) in [4.78, 5) is 32.9. The lowest BCUT2D eigenvalue weighted by Gasteiger charge is -2.07. The fraction of sp³-hybridized carbons (Fsp3) is 0.125. The Morgan fingerprint density at radius 1 is 1.04 bits per heavy atom. The Balaban J connectivity index is 1.95. The lowest BCUT2D eigenvalue weighted by Crippen LogP contribution is -2.25. The van der Waals surface area contributed by atoms with Gasteiger partial charge in [-0.2, -0.15) is 0 Å². The van der Waals surface area contributed by atoms with E-state index in [-0.39, 0.29) is 30.1 Å². The number of aromatic carboxylic acids is 1. The van der Waals surface area contributed by atoms with Crippen LogP contribution >= 0.6 is 0 Å². The number of hydrogen-bond donors (Lipinski definition) is 1. The summed E-state index contributed by atoms with van der Waals surface area (Å²) in [6, 6.07) is 12.0. The first-order chi connectivity index (χ1) is 11.0. The standard InChI is InChI=1S/C16H14N2O5/c19-15(9-13-3-1-2-4-14(13)18(22)23)17-10-11-5-7-12(8-6-11)16(20)21/h1-8H,9-10H2,(H,17,19)(H,20,21)/p-1. The summed E-state index contributed by atoms with van der Waals surface area (Å²) in [7, 11) is 0. The Hall–Kier alpha value is -3.22. The Kier molecular flexibility index (Phi) is 5.03. The average Bonchev–Trinajstić information content (AvgIpc) is 2.53. The second-order valence-electron chi connectivity index (χ2n) is 4.82. The number of nitrogens with zero attached hydrogens (tertiary/aromatic N) is 1. The number of para-hydroxylation sites is 1. The highest BCUT2D eigenvalue weighted by molar-refractivity contribution is 5.85. The summed E-state index contributed by atoms with van der Waals surface area (Å²) in [5.74, 6) is -1.62. The summed E-state index contributed by atoms with van der Waals surface area (Å²) in [5.41, 5.74) is 1.01. The van der Waals surface area contributed by atoms with Crippen LogP contribution in [0.2, 0.25) is 0 Å². The van der Waals surface area contributed by atoms with E-state index in [1.54, 1.807) is 24.3 Å². The molecule has 0 aromatic heterocycles. The molecule has 1 N–H and O–H groups in total. The van der Waals surface area contributed by atoms with Crippen LogP contribution in [0.3, 0.4) is 0 Å². The molecule has 0 aliphatic rings. The van der Waals surface area contributed by atoms with Gasteiger partial charge in [0.05, 0.1) is 17.3 Å². The molecule has 0 fully saturated rings. The lowest BCUT2D eigenvalue weighted by molar-refractivity contribution is -0.385. The number of nitro benzene ring substituents is 1. The molecule has 2 rings (SSSR count). The highest BCUT2D eigenvalue weighted by Gasteiger charge is 2.15. The molecule has 0 aliphatic heterocycles. The van der Waals surface area contributed by atoms with E-state index in [1.807, 2.05) is 0 Å². The van der Waals surface area contributed by atoms with Crippen LogP contribution in [0.15, 0.2) is 48.5 Å². The fourth-order valence-electron chi connectivity index (χ4n) is 2.03. The Morgan fingerprint density at radius 3 is 2.30 bits per heavy atom. The molecule has 0 spiro atoms. The maximum absolute atomic E-state index is 11.9. The zero-order valence-electron chi connectivity index (χ0n) is 12.0. The number of hydrogen-bond acceptors (Lipinski definition) is 5. The van der Waals surface area contributed by atoms with Gasteiger partial charge in [0, 0.05) is 18.2 Å². The molecule has 1 amide bonds. The number of amides is 1. The summed E-state index contributed by atoms with van der Waals surface area (Å²) < 4.78 is 0. The van der Waals surface area contributed by atoms with Crippen LogP contribution in [-0.4, -0.2) is 16.8 Å². The smallest absolute Gasteiger partial charge is 0.273 e. The molecule has 0 unspecified atom stereocenters. The Bertz CT molecular complexity index is 740. The Morgan fingerprint density at radius 2 is 1.70 bits per heavy atom. The van der Waals surface area contributed by atoms with E-state index in [9.17, 15) is 24.8 Å². The number of benzene rings is 2. The van der Waals surface area contributed by atoms with Gasteiger partial charge in [-0.25, -0.2) is 0 Å². The van der Waals surface area contributed by atoms with Crippen molar-refractivity contribution in [2.24, 2.45) is 0 Å². The normalized spacial score (nSPS) is 10.1. The lowest BCUT2D eigenvalue weighted by atomic mass is 10.1. The quantitative estimate of drug-likeness (QED) is 0.626. The largest absolute Gasteiger partial charge is 0.545 e. The van der Waals surface area contributed by atoms with Gasteiger partial charge < -0.3 is 15.2 Å². The van der Waals surface area contributed by atoms with E-state index in [4.69, 9.17) is 0 Å². The molecule has 0 saturated heterocycles. The highest BCUT2D eigenvalue weighted by atomic mass is 16.6. The molecule has 0 bridgehead atoms. The van der Waals surface area contributed by atoms with E-state index < -0.39 is 10.9 Å². The number of carboxylic acid groups (broad SMARTS) is 1. The predicted molar refractivity (Wildman–Crippen MR) is 79.4 cm³/mol. The first-order valence-electron chi connectivity index (χ1n) is 6.76. The van der Waals surface area contributed by atoms with Crippen molar-refractivity contribution in [3.8, 4) is 0 Å². The van der Waals surface area contributed by atoms with Crippen molar-refractivity contribution in [1.82, 2.24) is 5.32 Å². The van der Waals surface area contributed by atoms with Gasteiger partial charge in [0.1, 0.15) is 0 Å². The third-order valence-corrected chi connectivity index (χ3v) is 3.22. The van der Waals surface area contributed by atoms with Gasteiger partial charge in [0.15, 0.2) is 0 Å². The van der Waals surface area contributed by atoms with Crippen molar-refractivity contribution in [2.75, 3.05) is 0 Å².